The molecule has 4 unspecified atom stereocenters. The zero-order chi connectivity index (χ0) is 30.4. The Hall–Kier alpha value is -4.17. The van der Waals surface area contributed by atoms with Crippen LogP contribution in [0.5, 0.6) is 11.5 Å². The first-order chi connectivity index (χ1) is 20.1. The molecular formula is C34H40N2O6. The largest absolute Gasteiger partial charge is 0.490 e. The summed E-state index contributed by atoms with van der Waals surface area (Å²) >= 11 is 0. The second-order valence-corrected chi connectivity index (χ2v) is 11.1. The van der Waals surface area contributed by atoms with E-state index in [2.05, 4.69) is 10.6 Å². The van der Waals surface area contributed by atoms with Gasteiger partial charge in [0.25, 0.3) is 0 Å². The van der Waals surface area contributed by atoms with Gasteiger partial charge in [-0.15, -0.1) is 0 Å². The number of nitrogens with one attached hydrogen (secondary N) is 2. The van der Waals surface area contributed by atoms with Crippen LogP contribution in [-0.2, 0) is 14.4 Å². The first-order valence-corrected chi connectivity index (χ1v) is 14.4. The lowest BCUT2D eigenvalue weighted by atomic mass is 9.61. The van der Waals surface area contributed by atoms with E-state index in [0.717, 1.165) is 17.5 Å². The number of aryl methyl sites for hydroxylation is 2. The van der Waals surface area contributed by atoms with E-state index in [1.807, 2.05) is 58.0 Å². The van der Waals surface area contributed by atoms with Crippen LogP contribution in [0.25, 0.3) is 0 Å². The summed E-state index contributed by atoms with van der Waals surface area (Å²) in [5, 5.41) is 17.5. The Labute approximate surface area is 247 Å². The van der Waals surface area contributed by atoms with Crippen LogP contribution in [0.1, 0.15) is 56.2 Å². The molecule has 2 amide bonds. The molecule has 4 rings (SSSR count). The molecule has 4 atom stereocenters. The summed E-state index contributed by atoms with van der Waals surface area (Å²) in [5.74, 6) is -3.87. The highest BCUT2D eigenvalue weighted by Crippen LogP contribution is 2.48. The van der Waals surface area contributed by atoms with E-state index < -0.39 is 41.0 Å². The number of amides is 2. The van der Waals surface area contributed by atoms with E-state index in [0.29, 0.717) is 41.7 Å². The van der Waals surface area contributed by atoms with Crippen molar-refractivity contribution in [3.8, 4) is 11.5 Å². The van der Waals surface area contributed by atoms with Gasteiger partial charge in [0.05, 0.1) is 24.7 Å². The van der Waals surface area contributed by atoms with Crippen LogP contribution in [0.2, 0.25) is 0 Å². The second-order valence-electron chi connectivity index (χ2n) is 11.1. The van der Waals surface area contributed by atoms with Crippen LogP contribution in [0.15, 0.2) is 66.7 Å². The Bertz CT molecular complexity index is 1450. The third-order valence-corrected chi connectivity index (χ3v) is 7.75. The summed E-state index contributed by atoms with van der Waals surface area (Å²) < 4.78 is 11.8. The molecule has 0 spiro atoms. The van der Waals surface area contributed by atoms with Crippen molar-refractivity contribution in [2.24, 2.45) is 11.8 Å². The number of carbonyl (C=O) groups is 3. The molecule has 1 aliphatic rings. The SMILES string of the molecule is CCCOc1ccc(C2C(C(=O)Nc3ccccc3C)C(=O)CC(C)(O)C2C(=O)Nc2ccccc2C)cc1OCC. The summed E-state index contributed by atoms with van der Waals surface area (Å²) in [7, 11) is 0. The van der Waals surface area contributed by atoms with E-state index in [4.69, 9.17) is 9.47 Å². The second kappa shape index (κ2) is 13.2. The molecule has 1 saturated carbocycles. The van der Waals surface area contributed by atoms with Gasteiger partial charge >= 0.3 is 0 Å². The van der Waals surface area contributed by atoms with E-state index in [1.165, 1.54) is 6.92 Å². The predicted molar refractivity (Wildman–Crippen MR) is 163 cm³/mol. The highest BCUT2D eigenvalue weighted by molar-refractivity contribution is 6.10. The van der Waals surface area contributed by atoms with Crippen molar-refractivity contribution in [2.75, 3.05) is 23.8 Å². The predicted octanol–water partition coefficient (Wildman–Crippen LogP) is 5.81. The average Bonchev–Trinajstić information content (AvgIpc) is 2.94. The van der Waals surface area contributed by atoms with Gasteiger partial charge in [0.2, 0.25) is 11.8 Å². The zero-order valence-corrected chi connectivity index (χ0v) is 24.9. The van der Waals surface area contributed by atoms with Gasteiger partial charge in [0.15, 0.2) is 11.5 Å². The third-order valence-electron chi connectivity index (χ3n) is 7.75. The number of Topliss-reactive ketones (excluding diaryl/α,β-unsaturated/α-hetero) is 1. The molecule has 3 aromatic carbocycles. The normalized spacial score (nSPS) is 21.9. The van der Waals surface area contributed by atoms with Gasteiger partial charge in [0, 0.05) is 23.7 Å². The minimum absolute atomic E-state index is 0.350. The number of rotatable bonds is 10. The van der Waals surface area contributed by atoms with E-state index in [9.17, 15) is 19.5 Å². The lowest BCUT2D eigenvalue weighted by Gasteiger charge is -2.44. The van der Waals surface area contributed by atoms with Gasteiger partial charge in [-0.25, -0.2) is 0 Å². The van der Waals surface area contributed by atoms with Crippen molar-refractivity contribution in [1.29, 1.82) is 0 Å². The fourth-order valence-electron chi connectivity index (χ4n) is 5.67. The van der Waals surface area contributed by atoms with Gasteiger partial charge in [-0.3, -0.25) is 14.4 Å². The molecule has 42 heavy (non-hydrogen) atoms. The first-order valence-electron chi connectivity index (χ1n) is 14.4. The van der Waals surface area contributed by atoms with Gasteiger partial charge in [-0.1, -0.05) is 49.4 Å². The Morgan fingerprint density at radius 2 is 1.48 bits per heavy atom. The number of ketones is 1. The van der Waals surface area contributed by atoms with Crippen molar-refractivity contribution >= 4 is 29.0 Å². The number of carbonyl (C=O) groups excluding carboxylic acids is 3. The van der Waals surface area contributed by atoms with Crippen molar-refractivity contribution < 1.29 is 29.0 Å². The maximum Gasteiger partial charge on any atom is 0.235 e. The maximum absolute atomic E-state index is 14.1. The van der Waals surface area contributed by atoms with Crippen molar-refractivity contribution in [3.05, 3.63) is 83.4 Å². The monoisotopic (exact) mass is 572 g/mol. The number of hydrogen-bond donors (Lipinski definition) is 3. The number of ether oxygens (including phenoxy) is 2. The molecule has 8 nitrogen and oxygen atoms in total. The van der Waals surface area contributed by atoms with Gasteiger partial charge in [-0.2, -0.15) is 0 Å². The third kappa shape index (κ3) is 6.65. The van der Waals surface area contributed by atoms with Gasteiger partial charge < -0.3 is 25.2 Å². The molecule has 0 aromatic heterocycles. The molecule has 0 heterocycles. The maximum atomic E-state index is 14.1. The molecule has 0 bridgehead atoms. The standard InChI is InChI=1S/C34H40N2O6/c1-6-18-42-27-17-16-23(19-28(27)41-7-2)29-30(32(38)35-24-14-10-8-12-21(24)3)26(37)20-34(5,40)31(29)33(39)36-25-15-11-9-13-22(25)4/h8-17,19,29-31,40H,6-7,18,20H2,1-5H3,(H,35,38)(H,36,39). The summed E-state index contributed by atoms with van der Waals surface area (Å²) in [6.45, 7) is 9.92. The summed E-state index contributed by atoms with van der Waals surface area (Å²) in [6, 6.07) is 19.8. The van der Waals surface area contributed by atoms with Crippen molar-refractivity contribution in [3.63, 3.8) is 0 Å². The molecule has 3 N–H and O–H groups in total. The van der Waals surface area contributed by atoms with Crippen LogP contribution in [-0.4, -0.2) is 41.5 Å². The van der Waals surface area contributed by atoms with Crippen LogP contribution in [0.3, 0.4) is 0 Å². The molecule has 3 aromatic rings. The average molecular weight is 573 g/mol. The molecular weight excluding hydrogens is 532 g/mol. The molecule has 222 valence electrons. The quantitative estimate of drug-likeness (QED) is 0.264. The van der Waals surface area contributed by atoms with Gasteiger partial charge in [0.1, 0.15) is 11.7 Å². The Kier molecular flexibility index (Phi) is 9.68. The highest BCUT2D eigenvalue weighted by atomic mass is 16.5. The van der Waals surface area contributed by atoms with Crippen molar-refractivity contribution in [2.45, 2.75) is 59.0 Å². The number of hydrogen-bond acceptors (Lipinski definition) is 6. The molecule has 0 aliphatic heterocycles. The number of anilines is 2. The Morgan fingerprint density at radius 1 is 0.881 bits per heavy atom. The summed E-state index contributed by atoms with van der Waals surface area (Å²) in [4.78, 5) is 41.7. The van der Waals surface area contributed by atoms with Crippen LogP contribution in [0, 0.1) is 25.7 Å². The van der Waals surface area contributed by atoms with E-state index in [1.54, 1.807) is 36.4 Å². The number of aliphatic hydroxyl groups is 1. The van der Waals surface area contributed by atoms with E-state index >= 15 is 0 Å². The molecule has 1 fully saturated rings. The molecule has 0 radical (unpaired) electrons. The van der Waals surface area contributed by atoms with Crippen molar-refractivity contribution in [1.82, 2.24) is 0 Å². The van der Waals surface area contributed by atoms with Gasteiger partial charge in [-0.05, 0) is 75.1 Å². The number of benzene rings is 3. The van der Waals surface area contributed by atoms with E-state index in [-0.39, 0.29) is 6.42 Å². The minimum Gasteiger partial charge on any atom is -0.490 e. The number of para-hydroxylation sites is 2. The lowest BCUT2D eigenvalue weighted by molar-refractivity contribution is -0.150. The molecule has 1 aliphatic carbocycles. The topological polar surface area (TPSA) is 114 Å². The van der Waals surface area contributed by atoms with Crippen LogP contribution in [0.4, 0.5) is 11.4 Å². The molecule has 0 saturated heterocycles. The van der Waals surface area contributed by atoms with Crippen LogP contribution < -0.4 is 20.1 Å². The minimum atomic E-state index is -1.73. The smallest absolute Gasteiger partial charge is 0.235 e. The highest BCUT2D eigenvalue weighted by Gasteiger charge is 2.56. The summed E-state index contributed by atoms with van der Waals surface area (Å²) in [5.41, 5.74) is 1.64. The molecule has 8 heteroatoms. The van der Waals surface area contributed by atoms with Crippen LogP contribution >= 0.6 is 0 Å². The fraction of sp³-hybridized carbons (Fsp3) is 0.382. The zero-order valence-electron chi connectivity index (χ0n) is 24.9. The Morgan fingerprint density at radius 3 is 2.05 bits per heavy atom. The first kappa shape index (κ1) is 30.8. The lowest BCUT2D eigenvalue weighted by Crippen LogP contribution is -2.56. The fourth-order valence-corrected chi connectivity index (χ4v) is 5.67. The summed E-state index contributed by atoms with van der Waals surface area (Å²) in [6.07, 6.45) is 0.451. The Balaban J connectivity index is 1.84.